The molecule has 1 saturated heterocycles. The summed E-state index contributed by atoms with van der Waals surface area (Å²) >= 11 is 0. The van der Waals surface area contributed by atoms with Crippen LogP contribution in [0.3, 0.4) is 0 Å². The van der Waals surface area contributed by atoms with Gasteiger partial charge in [-0.25, -0.2) is 13.2 Å². The highest BCUT2D eigenvalue weighted by Gasteiger charge is 2.34. The van der Waals surface area contributed by atoms with E-state index in [1.807, 2.05) is 0 Å². The molecule has 146 valence electrons. The van der Waals surface area contributed by atoms with Crippen LogP contribution in [-0.2, 0) is 24.1 Å². The minimum Gasteiger partial charge on any atom is -0.478 e. The summed E-state index contributed by atoms with van der Waals surface area (Å²) in [5.41, 5.74) is 0.333. The number of aryl methyl sites for hydroxylation is 2. The number of carboxylic acid groups (broad SMARTS) is 1. The lowest BCUT2D eigenvalue weighted by atomic mass is 10.2. The van der Waals surface area contributed by atoms with Gasteiger partial charge in [-0.2, -0.15) is 14.5 Å². The second-order valence-electron chi connectivity index (χ2n) is 6.25. The number of nitrogens with zero attached hydrogens (tertiary/aromatic N) is 6. The monoisotopic (exact) mass is 396 g/mol. The van der Waals surface area contributed by atoms with Crippen molar-refractivity contribution in [3.63, 3.8) is 0 Å². The molecule has 1 aliphatic heterocycles. The molecule has 3 rings (SSSR count). The molecule has 1 aliphatic rings. The van der Waals surface area contributed by atoms with Crippen LogP contribution in [0.25, 0.3) is 0 Å². The second-order valence-corrected chi connectivity index (χ2v) is 8.16. The SMILES string of the molecule is Cc1c(S(=O)(=O)N2CCN(C(=O)c3c(C(=O)O)cnn3C)CC2)cnn1C. The van der Waals surface area contributed by atoms with Crippen molar-refractivity contribution in [3.8, 4) is 0 Å². The zero-order valence-corrected chi connectivity index (χ0v) is 16.0. The summed E-state index contributed by atoms with van der Waals surface area (Å²) in [5, 5.41) is 17.0. The van der Waals surface area contributed by atoms with Gasteiger partial charge < -0.3 is 10.0 Å². The third kappa shape index (κ3) is 3.21. The molecule has 1 amide bonds. The van der Waals surface area contributed by atoms with E-state index in [-0.39, 0.29) is 42.3 Å². The zero-order chi connectivity index (χ0) is 19.9. The normalized spacial score (nSPS) is 15.9. The molecule has 1 N–H and O–H groups in total. The first kappa shape index (κ1) is 19.0. The first-order valence-corrected chi connectivity index (χ1v) is 9.62. The number of amides is 1. The molecule has 0 unspecified atom stereocenters. The molecule has 0 radical (unpaired) electrons. The first-order chi connectivity index (χ1) is 12.6. The third-order valence-electron chi connectivity index (χ3n) is 4.71. The molecule has 0 aliphatic carbocycles. The Kier molecular flexibility index (Phi) is 4.78. The fraction of sp³-hybridized carbons (Fsp3) is 0.467. The Bertz CT molecular complexity index is 1000. The van der Waals surface area contributed by atoms with Crippen molar-refractivity contribution in [2.24, 2.45) is 14.1 Å². The van der Waals surface area contributed by atoms with E-state index in [4.69, 9.17) is 0 Å². The van der Waals surface area contributed by atoms with Gasteiger partial charge in [0.1, 0.15) is 16.2 Å². The number of carbonyl (C=O) groups is 2. The second kappa shape index (κ2) is 6.78. The minimum absolute atomic E-state index is 0.0260. The van der Waals surface area contributed by atoms with Gasteiger partial charge in [0.05, 0.1) is 18.1 Å². The van der Waals surface area contributed by atoms with Gasteiger partial charge in [-0.05, 0) is 6.92 Å². The minimum atomic E-state index is -3.70. The highest BCUT2D eigenvalue weighted by Crippen LogP contribution is 2.21. The Labute approximate surface area is 155 Å². The van der Waals surface area contributed by atoms with Crippen LogP contribution in [0, 0.1) is 6.92 Å². The first-order valence-electron chi connectivity index (χ1n) is 8.18. The van der Waals surface area contributed by atoms with Crippen molar-refractivity contribution in [1.29, 1.82) is 0 Å². The van der Waals surface area contributed by atoms with Crippen molar-refractivity contribution in [2.75, 3.05) is 26.2 Å². The fourth-order valence-electron chi connectivity index (χ4n) is 3.00. The summed E-state index contributed by atoms with van der Waals surface area (Å²) in [4.78, 5) is 25.6. The summed E-state index contributed by atoms with van der Waals surface area (Å²) in [6.07, 6.45) is 2.44. The van der Waals surface area contributed by atoms with Gasteiger partial charge in [0.15, 0.2) is 0 Å². The number of rotatable bonds is 4. The van der Waals surface area contributed by atoms with Crippen LogP contribution in [0.4, 0.5) is 0 Å². The van der Waals surface area contributed by atoms with Gasteiger partial charge in [-0.15, -0.1) is 0 Å². The molecule has 0 saturated carbocycles. The quantitative estimate of drug-likeness (QED) is 0.723. The number of piperazine rings is 1. The Morgan fingerprint density at radius 3 is 2.15 bits per heavy atom. The Morgan fingerprint density at radius 2 is 1.63 bits per heavy atom. The van der Waals surface area contributed by atoms with E-state index in [1.54, 1.807) is 14.0 Å². The number of sulfonamides is 1. The van der Waals surface area contributed by atoms with Crippen molar-refractivity contribution in [2.45, 2.75) is 11.8 Å². The van der Waals surface area contributed by atoms with Crippen LogP contribution in [0.5, 0.6) is 0 Å². The Balaban J connectivity index is 1.76. The Hall–Kier alpha value is -2.73. The van der Waals surface area contributed by atoms with Gasteiger partial charge in [-0.3, -0.25) is 14.2 Å². The zero-order valence-electron chi connectivity index (χ0n) is 15.2. The maximum atomic E-state index is 12.8. The molecule has 12 heteroatoms. The number of aromatic carboxylic acids is 1. The molecule has 0 bridgehead atoms. The molecule has 0 atom stereocenters. The summed E-state index contributed by atoms with van der Waals surface area (Å²) in [6, 6.07) is 0. The average molecular weight is 396 g/mol. The molecule has 2 aromatic rings. The molecule has 0 spiro atoms. The summed E-state index contributed by atoms with van der Waals surface area (Å²) in [5.74, 6) is -1.72. The smallest absolute Gasteiger partial charge is 0.339 e. The van der Waals surface area contributed by atoms with Gasteiger partial charge in [0.2, 0.25) is 10.0 Å². The van der Waals surface area contributed by atoms with Crippen molar-refractivity contribution < 1.29 is 23.1 Å². The van der Waals surface area contributed by atoms with Gasteiger partial charge in [0, 0.05) is 40.3 Å². The van der Waals surface area contributed by atoms with Gasteiger partial charge >= 0.3 is 5.97 Å². The van der Waals surface area contributed by atoms with E-state index in [9.17, 15) is 23.1 Å². The van der Waals surface area contributed by atoms with Crippen LogP contribution in [0.2, 0.25) is 0 Å². The molecule has 3 heterocycles. The molecule has 2 aromatic heterocycles. The van der Waals surface area contributed by atoms with Crippen LogP contribution in [0.15, 0.2) is 17.3 Å². The predicted octanol–water partition coefficient (Wildman–Crippen LogP) is -0.693. The number of hydrogen-bond donors (Lipinski definition) is 1. The summed E-state index contributed by atoms with van der Waals surface area (Å²) < 4.78 is 29.6. The summed E-state index contributed by atoms with van der Waals surface area (Å²) in [7, 11) is -0.547. The van der Waals surface area contributed by atoms with E-state index < -0.39 is 21.9 Å². The molecule has 1 fully saturated rings. The van der Waals surface area contributed by atoms with Gasteiger partial charge in [0.25, 0.3) is 5.91 Å². The van der Waals surface area contributed by atoms with Crippen LogP contribution in [-0.4, -0.2) is 80.3 Å². The fourth-order valence-corrected chi connectivity index (χ4v) is 4.61. The molecule has 0 aromatic carbocycles. The molecular formula is C15H20N6O5S. The largest absolute Gasteiger partial charge is 0.478 e. The van der Waals surface area contributed by atoms with E-state index in [0.29, 0.717) is 5.69 Å². The lowest BCUT2D eigenvalue weighted by Crippen LogP contribution is -2.51. The maximum absolute atomic E-state index is 12.8. The van der Waals surface area contributed by atoms with Crippen molar-refractivity contribution in [1.82, 2.24) is 28.8 Å². The maximum Gasteiger partial charge on any atom is 0.339 e. The van der Waals surface area contributed by atoms with Crippen LogP contribution < -0.4 is 0 Å². The van der Waals surface area contributed by atoms with E-state index in [2.05, 4.69) is 10.2 Å². The average Bonchev–Trinajstić information content (AvgIpc) is 3.18. The predicted molar refractivity (Wildman–Crippen MR) is 92.8 cm³/mol. The highest BCUT2D eigenvalue weighted by molar-refractivity contribution is 7.89. The third-order valence-corrected chi connectivity index (χ3v) is 6.71. The number of carbonyl (C=O) groups excluding carboxylic acids is 1. The molecular weight excluding hydrogens is 376 g/mol. The van der Waals surface area contributed by atoms with Gasteiger partial charge in [-0.1, -0.05) is 0 Å². The standard InChI is InChI=1S/C15H20N6O5S/c1-10-12(9-17-18(10)2)27(25,26)21-6-4-20(5-7-21)14(22)13-11(15(23)24)8-16-19(13)3/h8-9H,4-7H2,1-3H3,(H,23,24). The van der Waals surface area contributed by atoms with E-state index >= 15 is 0 Å². The van der Waals surface area contributed by atoms with E-state index in [1.165, 1.54) is 31.8 Å². The molecule has 11 nitrogen and oxygen atoms in total. The summed E-state index contributed by atoms with van der Waals surface area (Å²) in [6.45, 7) is 2.21. The highest BCUT2D eigenvalue weighted by atomic mass is 32.2. The number of carboxylic acids is 1. The lowest BCUT2D eigenvalue weighted by molar-refractivity contribution is 0.0649. The molecule has 27 heavy (non-hydrogen) atoms. The lowest BCUT2D eigenvalue weighted by Gasteiger charge is -2.33. The van der Waals surface area contributed by atoms with Crippen molar-refractivity contribution in [3.05, 3.63) is 29.3 Å². The Morgan fingerprint density at radius 1 is 1.04 bits per heavy atom. The van der Waals surface area contributed by atoms with Crippen LogP contribution in [0.1, 0.15) is 26.5 Å². The van der Waals surface area contributed by atoms with Crippen molar-refractivity contribution >= 4 is 21.9 Å². The number of aromatic nitrogens is 4. The topological polar surface area (TPSA) is 131 Å². The van der Waals surface area contributed by atoms with Crippen LogP contribution >= 0.6 is 0 Å². The van der Waals surface area contributed by atoms with E-state index in [0.717, 1.165) is 6.20 Å². The number of hydrogen-bond acceptors (Lipinski definition) is 6.